The Kier molecular flexibility index (Phi) is 2.96. The Morgan fingerprint density at radius 3 is 2.20 bits per heavy atom. The summed E-state index contributed by atoms with van der Waals surface area (Å²) in [6.45, 7) is 17.0. The summed E-state index contributed by atoms with van der Waals surface area (Å²) in [5.41, 5.74) is 7.67. The highest BCUT2D eigenvalue weighted by molar-refractivity contribution is 5.22. The number of hydrogen-bond donors (Lipinski definition) is 2. The van der Waals surface area contributed by atoms with Gasteiger partial charge in [0.05, 0.1) is 6.10 Å². The van der Waals surface area contributed by atoms with Crippen LogP contribution < -0.4 is 11.1 Å². The second-order valence-corrected chi connectivity index (χ2v) is 9.08. The van der Waals surface area contributed by atoms with Crippen LogP contribution in [-0.4, -0.2) is 31.3 Å². The van der Waals surface area contributed by atoms with Crippen LogP contribution in [0.4, 0.5) is 0 Å². The molecule has 0 aromatic rings. The predicted octanol–water partition coefficient (Wildman–Crippen LogP) is 2.40. The summed E-state index contributed by atoms with van der Waals surface area (Å²) in [5.74, 6) is 1.31. The highest BCUT2D eigenvalue weighted by Crippen LogP contribution is 2.68. The fourth-order valence-corrected chi connectivity index (χ4v) is 5.10. The van der Waals surface area contributed by atoms with Gasteiger partial charge in [-0.1, -0.05) is 41.5 Å². The summed E-state index contributed by atoms with van der Waals surface area (Å²) in [7, 11) is 0. The number of hydrogen-bond acceptors (Lipinski definition) is 3. The first-order valence-corrected chi connectivity index (χ1v) is 8.18. The maximum absolute atomic E-state index is 6.77. The van der Waals surface area contributed by atoms with E-state index in [1.54, 1.807) is 0 Å². The average Bonchev–Trinajstić information content (AvgIpc) is 2.76. The largest absolute Gasteiger partial charge is 0.377 e. The smallest absolute Gasteiger partial charge is 0.0691 e. The van der Waals surface area contributed by atoms with Crippen molar-refractivity contribution in [3.63, 3.8) is 0 Å². The topological polar surface area (TPSA) is 47.3 Å². The third kappa shape index (κ3) is 1.57. The van der Waals surface area contributed by atoms with Crippen LogP contribution in [0.25, 0.3) is 0 Å². The van der Waals surface area contributed by atoms with E-state index >= 15 is 0 Å². The zero-order valence-corrected chi connectivity index (χ0v) is 14.0. The number of nitrogens with two attached hydrogens (primary N) is 1. The summed E-state index contributed by atoms with van der Waals surface area (Å²) >= 11 is 0. The maximum atomic E-state index is 6.77. The molecule has 0 spiro atoms. The number of rotatable bonds is 4. The molecule has 1 aliphatic heterocycles. The molecule has 1 heterocycles. The molecule has 0 radical (unpaired) electrons. The van der Waals surface area contributed by atoms with Crippen LogP contribution in [0.3, 0.4) is 0 Å². The van der Waals surface area contributed by atoms with Gasteiger partial charge in [-0.3, -0.25) is 0 Å². The van der Waals surface area contributed by atoms with Crippen LogP contribution in [0.5, 0.6) is 0 Å². The Morgan fingerprint density at radius 1 is 1.05 bits per heavy atom. The van der Waals surface area contributed by atoms with Gasteiger partial charge in [0.2, 0.25) is 0 Å². The van der Waals surface area contributed by atoms with Gasteiger partial charge >= 0.3 is 0 Å². The monoisotopic (exact) mass is 280 g/mol. The zero-order valence-electron chi connectivity index (χ0n) is 14.0. The molecule has 0 aromatic heterocycles. The molecule has 3 heteroatoms. The quantitative estimate of drug-likeness (QED) is 0.831. The van der Waals surface area contributed by atoms with Crippen molar-refractivity contribution in [2.75, 3.05) is 19.7 Å². The van der Waals surface area contributed by atoms with E-state index in [1.807, 2.05) is 0 Å². The second kappa shape index (κ2) is 3.99. The van der Waals surface area contributed by atoms with Crippen molar-refractivity contribution in [3.8, 4) is 0 Å². The van der Waals surface area contributed by atoms with Crippen molar-refractivity contribution < 1.29 is 4.74 Å². The van der Waals surface area contributed by atoms with Crippen molar-refractivity contribution in [2.24, 2.45) is 33.8 Å². The van der Waals surface area contributed by atoms with E-state index in [9.17, 15) is 0 Å². The highest BCUT2D eigenvalue weighted by atomic mass is 16.5. The molecule has 2 aliphatic carbocycles. The van der Waals surface area contributed by atoms with Crippen molar-refractivity contribution in [3.05, 3.63) is 0 Å². The van der Waals surface area contributed by atoms with Gasteiger partial charge in [0, 0.05) is 30.0 Å². The summed E-state index contributed by atoms with van der Waals surface area (Å²) in [6.07, 6.45) is 1.51. The Hall–Kier alpha value is -0.120. The van der Waals surface area contributed by atoms with Crippen LogP contribution in [0.1, 0.15) is 48.0 Å². The van der Waals surface area contributed by atoms with Crippen molar-refractivity contribution in [1.82, 2.24) is 5.32 Å². The number of ether oxygens (including phenoxy) is 1. The molecule has 3 unspecified atom stereocenters. The van der Waals surface area contributed by atoms with Gasteiger partial charge in [0.15, 0.2) is 0 Å². The number of fused-ring (bicyclic) bond motifs is 1. The average molecular weight is 280 g/mol. The zero-order chi connectivity index (χ0) is 15.0. The third-order valence-corrected chi connectivity index (χ3v) is 7.75. The molecule has 3 atom stereocenters. The first-order chi connectivity index (χ1) is 9.07. The van der Waals surface area contributed by atoms with Gasteiger partial charge in [0.25, 0.3) is 0 Å². The molecule has 0 amide bonds. The van der Waals surface area contributed by atoms with Gasteiger partial charge in [-0.2, -0.15) is 0 Å². The summed E-state index contributed by atoms with van der Waals surface area (Å²) in [5, 5.41) is 3.69. The first-order valence-electron chi connectivity index (χ1n) is 8.18. The molecule has 20 heavy (non-hydrogen) atoms. The lowest BCUT2D eigenvalue weighted by molar-refractivity contribution is -0.153. The molecule has 116 valence electrons. The third-order valence-electron chi connectivity index (χ3n) is 7.75. The molecule has 3 fully saturated rings. The van der Waals surface area contributed by atoms with Crippen LogP contribution in [0.15, 0.2) is 0 Å². The SMILES string of the molecule is CC1(C)C(CNCC2(N)C3CCOC3C2(C)C)C1(C)C. The van der Waals surface area contributed by atoms with Gasteiger partial charge in [-0.15, -0.1) is 0 Å². The molecule has 3 N–H and O–H groups in total. The molecule has 1 saturated heterocycles. The lowest BCUT2D eigenvalue weighted by Crippen LogP contribution is -2.78. The van der Waals surface area contributed by atoms with Gasteiger partial charge in [-0.05, 0) is 29.7 Å². The van der Waals surface area contributed by atoms with Crippen molar-refractivity contribution >= 4 is 0 Å². The lowest BCUT2D eigenvalue weighted by atomic mass is 9.48. The van der Waals surface area contributed by atoms with Crippen LogP contribution in [-0.2, 0) is 4.74 Å². The Balaban J connectivity index is 1.57. The van der Waals surface area contributed by atoms with Crippen LogP contribution in [0, 0.1) is 28.1 Å². The normalized spacial score (nSPS) is 44.0. The molecule has 0 bridgehead atoms. The number of nitrogens with one attached hydrogen (secondary N) is 1. The minimum Gasteiger partial charge on any atom is -0.377 e. The van der Waals surface area contributed by atoms with Crippen molar-refractivity contribution in [1.29, 1.82) is 0 Å². The molecule has 3 nitrogen and oxygen atoms in total. The Labute approximate surface area is 124 Å². The van der Waals surface area contributed by atoms with Gasteiger partial charge in [-0.25, -0.2) is 0 Å². The van der Waals surface area contributed by atoms with E-state index in [0.717, 1.165) is 32.0 Å². The van der Waals surface area contributed by atoms with Crippen molar-refractivity contribution in [2.45, 2.75) is 59.6 Å². The van der Waals surface area contributed by atoms with E-state index in [-0.39, 0.29) is 11.0 Å². The molecular weight excluding hydrogens is 248 g/mol. The molecular formula is C17H32N2O. The first kappa shape index (κ1) is 14.8. The van der Waals surface area contributed by atoms with Gasteiger partial charge in [0.1, 0.15) is 0 Å². The second-order valence-electron chi connectivity index (χ2n) is 9.08. The van der Waals surface area contributed by atoms with E-state index in [0.29, 0.717) is 22.9 Å². The highest BCUT2D eigenvalue weighted by Gasteiger charge is 2.68. The van der Waals surface area contributed by atoms with E-state index in [4.69, 9.17) is 10.5 Å². The minimum atomic E-state index is -0.0999. The van der Waals surface area contributed by atoms with Crippen LogP contribution in [0.2, 0.25) is 0 Å². The Bertz CT molecular complexity index is 401. The predicted molar refractivity (Wildman–Crippen MR) is 82.5 cm³/mol. The Morgan fingerprint density at radius 2 is 1.65 bits per heavy atom. The van der Waals surface area contributed by atoms with Crippen LogP contribution >= 0.6 is 0 Å². The molecule has 0 aromatic carbocycles. The fraction of sp³-hybridized carbons (Fsp3) is 1.00. The van der Waals surface area contributed by atoms with E-state index in [2.05, 4.69) is 46.9 Å². The fourth-order valence-electron chi connectivity index (χ4n) is 5.10. The maximum Gasteiger partial charge on any atom is 0.0691 e. The van der Waals surface area contributed by atoms with Gasteiger partial charge < -0.3 is 15.8 Å². The summed E-state index contributed by atoms with van der Waals surface area (Å²) < 4.78 is 5.86. The standard InChI is InChI=1S/C17H32N2O/c1-14(2)12(15(14,3)4)9-19-10-17(18)11-7-8-20-13(11)16(17,5)6/h11-13,19H,7-10,18H2,1-6H3. The lowest BCUT2D eigenvalue weighted by Gasteiger charge is -2.62. The van der Waals surface area contributed by atoms with E-state index < -0.39 is 0 Å². The minimum absolute atomic E-state index is 0.0930. The van der Waals surface area contributed by atoms with E-state index in [1.165, 1.54) is 0 Å². The summed E-state index contributed by atoms with van der Waals surface area (Å²) in [6, 6.07) is 0. The summed E-state index contributed by atoms with van der Waals surface area (Å²) in [4.78, 5) is 0. The molecule has 3 aliphatic rings. The molecule has 2 saturated carbocycles. The molecule has 3 rings (SSSR count).